The third kappa shape index (κ3) is 4.25. The third-order valence-electron chi connectivity index (χ3n) is 6.30. The molecule has 2 N–H and O–H groups in total. The molecule has 1 aromatic carbocycles. The van der Waals surface area contributed by atoms with Crippen LogP contribution in [-0.2, 0) is 6.54 Å². The van der Waals surface area contributed by atoms with Crippen molar-refractivity contribution in [3.63, 3.8) is 0 Å². The topological polar surface area (TPSA) is 99.8 Å². The van der Waals surface area contributed by atoms with Crippen molar-refractivity contribution in [3.05, 3.63) is 97.4 Å². The molecule has 0 amide bonds. The minimum atomic E-state index is -1.24. The molecule has 11 heteroatoms. The Morgan fingerprint density at radius 3 is 2.72 bits per heavy atom. The summed E-state index contributed by atoms with van der Waals surface area (Å²) in [7, 11) is 0. The lowest BCUT2D eigenvalue weighted by Crippen LogP contribution is -2.25. The SMILES string of the molecule is C[C@@H]1c2ccc(F)cc2CN1c1cc(=O)n2cc(Cl)cc([C@@H](C)Nc3ccc(Cl)nc3C(=O)O)c2n1. The van der Waals surface area contributed by atoms with Gasteiger partial charge in [-0.2, -0.15) is 0 Å². The van der Waals surface area contributed by atoms with Gasteiger partial charge in [0.05, 0.1) is 22.8 Å². The summed E-state index contributed by atoms with van der Waals surface area (Å²) >= 11 is 12.2. The van der Waals surface area contributed by atoms with Gasteiger partial charge in [-0.05, 0) is 55.3 Å². The van der Waals surface area contributed by atoms with Crippen molar-refractivity contribution >= 4 is 46.3 Å². The summed E-state index contributed by atoms with van der Waals surface area (Å²) in [6.45, 7) is 4.18. The Bertz CT molecular complexity index is 1590. The predicted octanol–water partition coefficient (Wildman–Crippen LogP) is 5.49. The lowest BCUT2D eigenvalue weighted by Gasteiger charge is -2.24. The molecule has 0 aliphatic carbocycles. The zero-order valence-electron chi connectivity index (χ0n) is 19.2. The first kappa shape index (κ1) is 24.0. The number of halogens is 3. The van der Waals surface area contributed by atoms with Crippen molar-refractivity contribution < 1.29 is 14.3 Å². The summed E-state index contributed by atoms with van der Waals surface area (Å²) in [6.07, 6.45) is 1.48. The Kier molecular flexibility index (Phi) is 6.05. The summed E-state index contributed by atoms with van der Waals surface area (Å²) in [5.74, 6) is -1.11. The van der Waals surface area contributed by atoms with Crippen LogP contribution in [0.4, 0.5) is 15.9 Å². The van der Waals surface area contributed by atoms with Crippen LogP contribution in [-0.4, -0.2) is 25.4 Å². The molecule has 184 valence electrons. The molecule has 0 unspecified atom stereocenters. The van der Waals surface area contributed by atoms with Gasteiger partial charge in [0.1, 0.15) is 22.4 Å². The normalized spacial score (nSPS) is 15.7. The van der Waals surface area contributed by atoms with Crippen molar-refractivity contribution in [3.8, 4) is 0 Å². The minimum absolute atomic E-state index is 0.0530. The van der Waals surface area contributed by atoms with E-state index in [1.807, 2.05) is 11.8 Å². The minimum Gasteiger partial charge on any atom is -0.476 e. The molecule has 8 nitrogen and oxygen atoms in total. The summed E-state index contributed by atoms with van der Waals surface area (Å²) < 4.78 is 15.1. The largest absolute Gasteiger partial charge is 0.476 e. The van der Waals surface area contributed by atoms with Crippen LogP contribution in [0.1, 0.15) is 53.1 Å². The molecule has 0 bridgehead atoms. The summed E-state index contributed by atoms with van der Waals surface area (Å²) in [5, 5.41) is 13.0. The second-order valence-corrected chi connectivity index (χ2v) is 9.43. The molecule has 0 saturated carbocycles. The van der Waals surface area contributed by atoms with E-state index in [0.717, 1.165) is 11.1 Å². The van der Waals surface area contributed by atoms with E-state index in [1.54, 1.807) is 19.1 Å². The van der Waals surface area contributed by atoms with E-state index >= 15 is 0 Å². The van der Waals surface area contributed by atoms with Gasteiger partial charge in [-0.1, -0.05) is 29.3 Å². The Hall–Kier alpha value is -3.69. The Balaban J connectivity index is 1.58. The highest BCUT2D eigenvalue weighted by Crippen LogP contribution is 2.37. The molecule has 0 spiro atoms. The number of pyridine rings is 2. The molecule has 3 aromatic heterocycles. The Labute approximate surface area is 214 Å². The molecule has 5 rings (SSSR count). The lowest BCUT2D eigenvalue weighted by molar-refractivity contribution is 0.0691. The van der Waals surface area contributed by atoms with Gasteiger partial charge in [0, 0.05) is 24.4 Å². The lowest BCUT2D eigenvalue weighted by atomic mass is 10.1. The van der Waals surface area contributed by atoms with Gasteiger partial charge in [0.25, 0.3) is 5.56 Å². The van der Waals surface area contributed by atoms with Crippen LogP contribution in [0, 0.1) is 5.82 Å². The van der Waals surface area contributed by atoms with Crippen LogP contribution >= 0.6 is 23.2 Å². The van der Waals surface area contributed by atoms with Crippen LogP contribution in [0.5, 0.6) is 0 Å². The summed E-state index contributed by atoms with van der Waals surface area (Å²) in [6, 6.07) is 10.2. The number of hydrogen-bond acceptors (Lipinski definition) is 6. The van der Waals surface area contributed by atoms with Gasteiger partial charge in [-0.3, -0.25) is 9.20 Å². The first-order chi connectivity index (χ1) is 17.1. The fourth-order valence-electron chi connectivity index (χ4n) is 4.56. The monoisotopic (exact) mass is 527 g/mol. The van der Waals surface area contributed by atoms with E-state index in [9.17, 15) is 19.1 Å². The van der Waals surface area contributed by atoms with Gasteiger partial charge in [0.2, 0.25) is 0 Å². The van der Waals surface area contributed by atoms with Crippen LogP contribution in [0.15, 0.2) is 53.5 Å². The average molecular weight is 528 g/mol. The number of anilines is 2. The van der Waals surface area contributed by atoms with Gasteiger partial charge < -0.3 is 15.3 Å². The molecule has 1 aliphatic rings. The van der Waals surface area contributed by atoms with E-state index in [4.69, 9.17) is 28.2 Å². The highest BCUT2D eigenvalue weighted by molar-refractivity contribution is 6.30. The van der Waals surface area contributed by atoms with Gasteiger partial charge in [-0.15, -0.1) is 0 Å². The summed E-state index contributed by atoms with van der Waals surface area (Å²) in [5.41, 5.74) is 2.43. The van der Waals surface area contributed by atoms with Gasteiger partial charge in [0.15, 0.2) is 5.69 Å². The van der Waals surface area contributed by atoms with Crippen molar-refractivity contribution in [1.82, 2.24) is 14.4 Å². The molecule has 4 aromatic rings. The molecule has 0 radical (unpaired) electrons. The van der Waals surface area contributed by atoms with E-state index in [0.29, 0.717) is 28.6 Å². The maximum absolute atomic E-state index is 13.8. The van der Waals surface area contributed by atoms with E-state index in [2.05, 4.69) is 10.3 Å². The molecule has 36 heavy (non-hydrogen) atoms. The smallest absolute Gasteiger partial charge is 0.356 e. The average Bonchev–Trinajstić information content (AvgIpc) is 3.15. The van der Waals surface area contributed by atoms with Crippen LogP contribution in [0.25, 0.3) is 5.65 Å². The fraction of sp³-hybridized carbons (Fsp3) is 0.200. The number of aromatic carboxylic acids is 1. The number of nitrogens with one attached hydrogen (secondary N) is 1. The van der Waals surface area contributed by atoms with Crippen LogP contribution < -0.4 is 15.8 Å². The number of carbonyl (C=O) groups is 1. The number of benzene rings is 1. The second kappa shape index (κ2) is 9.07. The number of hydrogen-bond donors (Lipinski definition) is 2. The molecule has 1 aliphatic heterocycles. The first-order valence-electron chi connectivity index (χ1n) is 11.1. The molecular formula is C25H20Cl2FN5O3. The number of carboxylic acid groups (broad SMARTS) is 1. The fourth-order valence-corrected chi connectivity index (χ4v) is 4.92. The van der Waals surface area contributed by atoms with Gasteiger partial charge >= 0.3 is 5.97 Å². The van der Waals surface area contributed by atoms with Crippen molar-refractivity contribution in [2.45, 2.75) is 32.5 Å². The van der Waals surface area contributed by atoms with E-state index < -0.39 is 12.0 Å². The van der Waals surface area contributed by atoms with Crippen molar-refractivity contribution in [1.29, 1.82) is 0 Å². The molecule has 4 heterocycles. The molecular weight excluding hydrogens is 508 g/mol. The Morgan fingerprint density at radius 2 is 1.97 bits per heavy atom. The van der Waals surface area contributed by atoms with Crippen molar-refractivity contribution in [2.75, 3.05) is 10.2 Å². The zero-order chi connectivity index (χ0) is 25.7. The molecule has 0 fully saturated rings. The first-order valence-corrected chi connectivity index (χ1v) is 11.8. The summed E-state index contributed by atoms with van der Waals surface area (Å²) in [4.78, 5) is 35.4. The third-order valence-corrected chi connectivity index (χ3v) is 6.72. The highest BCUT2D eigenvalue weighted by Gasteiger charge is 2.29. The maximum atomic E-state index is 13.8. The van der Waals surface area contributed by atoms with Crippen molar-refractivity contribution in [2.24, 2.45) is 0 Å². The highest BCUT2D eigenvalue weighted by atomic mass is 35.5. The predicted molar refractivity (Wildman–Crippen MR) is 136 cm³/mol. The number of aromatic nitrogens is 3. The van der Waals surface area contributed by atoms with Crippen LogP contribution in [0.2, 0.25) is 10.2 Å². The number of fused-ring (bicyclic) bond motifs is 2. The van der Waals surface area contributed by atoms with Crippen LogP contribution in [0.3, 0.4) is 0 Å². The van der Waals surface area contributed by atoms with E-state index in [-0.39, 0.29) is 34.0 Å². The standard InChI is InChI=1S/C25H20Cl2FN5O3/c1-12(29-19-5-6-20(27)30-23(19)25(35)36)18-8-15(26)11-33-22(34)9-21(31-24(18)33)32-10-14-7-16(28)3-4-17(14)13(32)2/h3-9,11-13,29H,10H2,1-2H3,(H,35,36)/t12-,13-/m1/s1. The van der Waals surface area contributed by atoms with E-state index in [1.165, 1.54) is 40.9 Å². The number of rotatable bonds is 5. The number of nitrogens with zero attached hydrogens (tertiary/aromatic N) is 4. The quantitative estimate of drug-likeness (QED) is 0.331. The molecule has 2 atom stereocenters. The molecule has 0 saturated heterocycles. The number of carboxylic acids is 1. The second-order valence-electron chi connectivity index (χ2n) is 8.61. The Morgan fingerprint density at radius 1 is 1.19 bits per heavy atom. The zero-order valence-corrected chi connectivity index (χ0v) is 20.7. The maximum Gasteiger partial charge on any atom is 0.356 e. The van der Waals surface area contributed by atoms with Gasteiger partial charge in [-0.25, -0.2) is 19.2 Å².